The number of halogens is 2. The molecule has 2 N–H and O–H groups in total. The number of aromatic nitrogens is 1. The van der Waals surface area contributed by atoms with E-state index in [1.54, 1.807) is 36.7 Å². The Kier molecular flexibility index (Phi) is 7.81. The number of nitrogens with zero attached hydrogens (tertiary/aromatic N) is 1. The lowest BCUT2D eigenvalue weighted by Crippen LogP contribution is -2.48. The maximum atomic E-state index is 12.0. The number of hydrogen-bond donors (Lipinski definition) is 2. The van der Waals surface area contributed by atoms with Crippen molar-refractivity contribution in [2.75, 3.05) is 19.6 Å². The SMILES string of the molecule is Cl.Cl.O=C(NCC1CNC1)c1ccc(Oc2cccnc2)cc1. The van der Waals surface area contributed by atoms with Crippen LogP contribution >= 0.6 is 24.8 Å². The molecule has 1 aromatic heterocycles. The lowest BCUT2D eigenvalue weighted by molar-refractivity contribution is 0.0942. The second-order valence-corrected chi connectivity index (χ2v) is 5.05. The van der Waals surface area contributed by atoms with Gasteiger partial charge in [0.1, 0.15) is 11.5 Å². The van der Waals surface area contributed by atoms with Gasteiger partial charge in [-0.2, -0.15) is 0 Å². The molecule has 7 heteroatoms. The standard InChI is InChI=1S/C16H17N3O2.2ClH/c20-16(19-10-12-8-18-9-12)13-3-5-14(6-4-13)21-15-2-1-7-17-11-15;;/h1-7,11-12,18H,8-10H2,(H,19,20);2*1H. The zero-order valence-electron chi connectivity index (χ0n) is 12.4. The Morgan fingerprint density at radius 3 is 2.48 bits per heavy atom. The highest BCUT2D eigenvalue weighted by Crippen LogP contribution is 2.20. The molecule has 0 unspecified atom stereocenters. The van der Waals surface area contributed by atoms with Crippen molar-refractivity contribution < 1.29 is 9.53 Å². The van der Waals surface area contributed by atoms with Gasteiger partial charge in [0, 0.05) is 37.3 Å². The van der Waals surface area contributed by atoms with Gasteiger partial charge >= 0.3 is 0 Å². The Labute approximate surface area is 147 Å². The summed E-state index contributed by atoms with van der Waals surface area (Å²) in [6, 6.07) is 10.7. The van der Waals surface area contributed by atoms with Crippen LogP contribution in [-0.4, -0.2) is 30.5 Å². The first kappa shape index (κ1) is 19.2. The van der Waals surface area contributed by atoms with E-state index in [4.69, 9.17) is 4.74 Å². The van der Waals surface area contributed by atoms with Crippen LogP contribution < -0.4 is 15.4 Å². The third-order valence-corrected chi connectivity index (χ3v) is 3.40. The lowest BCUT2D eigenvalue weighted by Gasteiger charge is -2.27. The fraction of sp³-hybridized carbons (Fsp3) is 0.250. The summed E-state index contributed by atoms with van der Waals surface area (Å²) in [5.74, 6) is 1.87. The molecule has 1 aliphatic rings. The average molecular weight is 356 g/mol. The molecule has 1 saturated heterocycles. The number of rotatable bonds is 5. The molecule has 2 heterocycles. The quantitative estimate of drug-likeness (QED) is 0.865. The van der Waals surface area contributed by atoms with Gasteiger partial charge in [-0.05, 0) is 36.4 Å². The first-order valence-corrected chi connectivity index (χ1v) is 6.98. The second-order valence-electron chi connectivity index (χ2n) is 5.05. The van der Waals surface area contributed by atoms with E-state index < -0.39 is 0 Å². The fourth-order valence-corrected chi connectivity index (χ4v) is 2.05. The molecule has 0 bridgehead atoms. The van der Waals surface area contributed by atoms with Crippen LogP contribution in [-0.2, 0) is 0 Å². The van der Waals surface area contributed by atoms with Gasteiger partial charge in [-0.3, -0.25) is 9.78 Å². The zero-order chi connectivity index (χ0) is 14.5. The van der Waals surface area contributed by atoms with Crippen LogP contribution in [0.3, 0.4) is 0 Å². The van der Waals surface area contributed by atoms with Gasteiger partial charge in [0.2, 0.25) is 0 Å². The first-order chi connectivity index (χ1) is 10.3. The van der Waals surface area contributed by atoms with Crippen LogP contribution in [0.2, 0.25) is 0 Å². The minimum absolute atomic E-state index is 0. The van der Waals surface area contributed by atoms with Gasteiger partial charge in [-0.25, -0.2) is 0 Å². The smallest absolute Gasteiger partial charge is 0.251 e. The van der Waals surface area contributed by atoms with Gasteiger partial charge in [-0.1, -0.05) is 0 Å². The lowest BCUT2D eigenvalue weighted by atomic mass is 10.0. The number of carbonyl (C=O) groups is 1. The molecule has 5 nitrogen and oxygen atoms in total. The third kappa shape index (κ3) is 5.39. The summed E-state index contributed by atoms with van der Waals surface area (Å²) in [5, 5.41) is 6.12. The monoisotopic (exact) mass is 355 g/mol. The van der Waals surface area contributed by atoms with Gasteiger partial charge < -0.3 is 15.4 Å². The van der Waals surface area contributed by atoms with Gasteiger partial charge in [-0.15, -0.1) is 24.8 Å². The van der Waals surface area contributed by atoms with Gasteiger partial charge in [0.05, 0.1) is 6.20 Å². The molecule has 1 fully saturated rings. The van der Waals surface area contributed by atoms with E-state index in [-0.39, 0.29) is 30.7 Å². The van der Waals surface area contributed by atoms with Crippen molar-refractivity contribution >= 4 is 30.7 Å². The number of pyridine rings is 1. The summed E-state index contributed by atoms with van der Waals surface area (Å²) in [4.78, 5) is 16.0. The molecule has 1 aliphatic heterocycles. The van der Waals surface area contributed by atoms with Crippen molar-refractivity contribution in [3.05, 3.63) is 54.4 Å². The maximum Gasteiger partial charge on any atom is 0.251 e. The molecule has 2 aromatic rings. The largest absolute Gasteiger partial charge is 0.456 e. The summed E-state index contributed by atoms with van der Waals surface area (Å²) in [6.07, 6.45) is 3.34. The number of amides is 1. The highest BCUT2D eigenvalue weighted by atomic mass is 35.5. The van der Waals surface area contributed by atoms with Crippen LogP contribution in [0.1, 0.15) is 10.4 Å². The summed E-state index contributed by atoms with van der Waals surface area (Å²) in [6.45, 7) is 2.69. The predicted octanol–water partition coefficient (Wildman–Crippen LogP) is 2.67. The Hall–Kier alpha value is -1.82. The van der Waals surface area contributed by atoms with Crippen LogP contribution in [0.15, 0.2) is 48.8 Å². The number of hydrogen-bond acceptors (Lipinski definition) is 4. The van der Waals surface area contributed by atoms with Crippen LogP contribution in [0.4, 0.5) is 0 Å². The Balaban J connectivity index is 0.00000132. The minimum Gasteiger partial charge on any atom is -0.456 e. The van der Waals surface area contributed by atoms with E-state index >= 15 is 0 Å². The van der Waals surface area contributed by atoms with E-state index in [1.807, 2.05) is 12.1 Å². The molecule has 0 aliphatic carbocycles. The topological polar surface area (TPSA) is 63.2 Å². The summed E-state index contributed by atoms with van der Waals surface area (Å²) in [7, 11) is 0. The van der Waals surface area contributed by atoms with Crippen LogP contribution in [0, 0.1) is 5.92 Å². The van der Waals surface area contributed by atoms with E-state index in [1.165, 1.54) is 0 Å². The summed E-state index contributed by atoms with van der Waals surface area (Å²) < 4.78 is 5.64. The predicted molar refractivity (Wildman–Crippen MR) is 93.9 cm³/mol. The molecule has 0 radical (unpaired) electrons. The molecule has 1 aromatic carbocycles. The third-order valence-electron chi connectivity index (χ3n) is 3.40. The molecule has 23 heavy (non-hydrogen) atoms. The van der Waals surface area contributed by atoms with E-state index in [2.05, 4.69) is 15.6 Å². The summed E-state index contributed by atoms with van der Waals surface area (Å²) in [5.41, 5.74) is 0.640. The second kappa shape index (κ2) is 9.35. The van der Waals surface area contributed by atoms with Crippen molar-refractivity contribution in [2.45, 2.75) is 0 Å². The van der Waals surface area contributed by atoms with Gasteiger partial charge in [0.15, 0.2) is 0 Å². The van der Waals surface area contributed by atoms with Crippen molar-refractivity contribution in [1.29, 1.82) is 0 Å². The number of ether oxygens (including phenoxy) is 1. The first-order valence-electron chi connectivity index (χ1n) is 6.98. The highest BCUT2D eigenvalue weighted by Gasteiger charge is 2.17. The highest BCUT2D eigenvalue weighted by molar-refractivity contribution is 5.94. The molecule has 3 rings (SSSR count). The molecule has 1 amide bonds. The molecular formula is C16H19Cl2N3O2. The summed E-state index contributed by atoms with van der Waals surface area (Å²) >= 11 is 0. The molecule has 0 saturated carbocycles. The van der Waals surface area contributed by atoms with Crippen molar-refractivity contribution in [2.24, 2.45) is 5.92 Å². The van der Waals surface area contributed by atoms with E-state index in [0.29, 0.717) is 23.0 Å². The zero-order valence-corrected chi connectivity index (χ0v) is 14.0. The van der Waals surface area contributed by atoms with E-state index in [9.17, 15) is 4.79 Å². The molecule has 124 valence electrons. The minimum atomic E-state index is -0.0465. The Bertz CT molecular complexity index is 604. The van der Waals surface area contributed by atoms with Crippen molar-refractivity contribution in [3.8, 4) is 11.5 Å². The number of carbonyl (C=O) groups excluding carboxylic acids is 1. The molecule has 0 atom stereocenters. The molecule has 0 spiro atoms. The number of nitrogens with one attached hydrogen (secondary N) is 2. The maximum absolute atomic E-state index is 12.0. The Morgan fingerprint density at radius 1 is 1.17 bits per heavy atom. The van der Waals surface area contributed by atoms with Crippen LogP contribution in [0.5, 0.6) is 11.5 Å². The fourth-order valence-electron chi connectivity index (χ4n) is 2.05. The van der Waals surface area contributed by atoms with E-state index in [0.717, 1.165) is 19.6 Å². The Morgan fingerprint density at radius 2 is 1.91 bits per heavy atom. The number of benzene rings is 1. The van der Waals surface area contributed by atoms with Gasteiger partial charge in [0.25, 0.3) is 5.91 Å². The normalized spacial score (nSPS) is 13.0. The van der Waals surface area contributed by atoms with Crippen molar-refractivity contribution in [1.82, 2.24) is 15.6 Å². The molecular weight excluding hydrogens is 337 g/mol. The van der Waals surface area contributed by atoms with Crippen molar-refractivity contribution in [3.63, 3.8) is 0 Å². The van der Waals surface area contributed by atoms with Crippen LogP contribution in [0.25, 0.3) is 0 Å². The average Bonchev–Trinajstić information content (AvgIpc) is 2.47.